The van der Waals surface area contributed by atoms with E-state index in [-0.39, 0.29) is 0 Å². The van der Waals surface area contributed by atoms with E-state index in [1.807, 2.05) is 0 Å². The van der Waals surface area contributed by atoms with Crippen LogP contribution >= 0.6 is 0 Å². The quantitative estimate of drug-likeness (QED) is 0.116. The van der Waals surface area contributed by atoms with Crippen LogP contribution in [0.4, 0.5) is 0 Å². The Labute approximate surface area is 392 Å². The Morgan fingerprint density at radius 1 is 0.328 bits per heavy atom. The third-order valence-electron chi connectivity index (χ3n) is 18.9. The van der Waals surface area contributed by atoms with Gasteiger partial charge in [-0.3, -0.25) is 0 Å². The Kier molecular flexibility index (Phi) is 14.0. The van der Waals surface area contributed by atoms with Gasteiger partial charge in [0.1, 0.15) is 0 Å². The lowest BCUT2D eigenvalue weighted by atomic mass is 9.88. The standard InChI is InChI=1S/C49H88O10Si5/c1-60(25-18-35-8-13-40-45(30-35)51-40)24-7-6-23-50-61(2,26-19-36-9-14-41-46(31-36)52-41)57-63(4,28-21-38-11-16-43-48(33-38)54-43)59-64(5,29-22-39-12-17-44-49(34-39)55-44)58-62(3,56-60)27-20-37-10-15-42-47(32-37)53-42/h35-49H,6-34H2,1-5H3. The summed E-state index contributed by atoms with van der Waals surface area (Å²) in [6.07, 6.45) is 32.1. The number of fused-ring (bicyclic) bond motifs is 5. The summed E-state index contributed by atoms with van der Waals surface area (Å²) < 4.78 is 69.9. The molecule has 0 aromatic heterocycles. The third-order valence-corrected chi connectivity index (χ3v) is 41.4. The van der Waals surface area contributed by atoms with Crippen LogP contribution in [0.2, 0.25) is 69.0 Å². The van der Waals surface area contributed by atoms with Crippen LogP contribution in [0.5, 0.6) is 0 Å². The molecule has 20 atom stereocenters. The zero-order valence-electron chi connectivity index (χ0n) is 40.7. The molecule has 11 aliphatic rings. The average molecular weight is 978 g/mol. The summed E-state index contributed by atoms with van der Waals surface area (Å²) in [6.45, 7) is 13.3. The van der Waals surface area contributed by atoms with Gasteiger partial charge >= 0.3 is 34.2 Å². The van der Waals surface area contributed by atoms with Gasteiger partial charge in [-0.2, -0.15) is 0 Å². The van der Waals surface area contributed by atoms with Crippen molar-refractivity contribution in [2.75, 3.05) is 6.61 Å². The number of hydrogen-bond donors (Lipinski definition) is 0. The molecule has 11 fully saturated rings. The van der Waals surface area contributed by atoms with E-state index in [1.165, 1.54) is 134 Å². The van der Waals surface area contributed by atoms with Crippen molar-refractivity contribution in [3.05, 3.63) is 0 Å². The zero-order chi connectivity index (χ0) is 43.7. The number of hydrogen-bond acceptors (Lipinski definition) is 10. The summed E-state index contributed by atoms with van der Waals surface area (Å²) in [7, 11) is -13.4. The first-order valence-electron chi connectivity index (χ1n) is 27.5. The van der Waals surface area contributed by atoms with E-state index < -0.39 is 42.6 Å². The minimum atomic E-state index is -2.89. The lowest BCUT2D eigenvalue weighted by molar-refractivity contribution is 0.200. The van der Waals surface area contributed by atoms with Gasteiger partial charge in [0.2, 0.25) is 0 Å². The molecule has 0 spiro atoms. The van der Waals surface area contributed by atoms with Crippen LogP contribution in [0.1, 0.15) is 141 Å². The Hall–Kier alpha value is 0.684. The maximum absolute atomic E-state index is 8.17. The second kappa shape index (κ2) is 19.0. The molecule has 10 nitrogen and oxygen atoms in total. The van der Waals surface area contributed by atoms with Crippen LogP contribution in [0.3, 0.4) is 0 Å². The fraction of sp³-hybridized carbons (Fsp3) is 1.00. The summed E-state index contributed by atoms with van der Waals surface area (Å²) in [6, 6.07) is 6.56. The fourth-order valence-electron chi connectivity index (χ4n) is 14.6. The molecule has 0 aromatic rings. The molecular weight excluding hydrogens is 889 g/mol. The predicted molar refractivity (Wildman–Crippen MR) is 260 cm³/mol. The van der Waals surface area contributed by atoms with E-state index >= 15 is 0 Å². The molecule has 5 aliphatic carbocycles. The van der Waals surface area contributed by atoms with E-state index in [9.17, 15) is 0 Å². The lowest BCUT2D eigenvalue weighted by Gasteiger charge is -2.47. The van der Waals surface area contributed by atoms with Gasteiger partial charge < -0.3 is 44.6 Å². The summed E-state index contributed by atoms with van der Waals surface area (Å²) >= 11 is 0. The molecule has 364 valence electrons. The maximum atomic E-state index is 8.17. The monoisotopic (exact) mass is 977 g/mol. The van der Waals surface area contributed by atoms with Crippen LogP contribution < -0.4 is 0 Å². The van der Waals surface area contributed by atoms with Crippen molar-refractivity contribution in [2.24, 2.45) is 29.6 Å². The normalized spacial score (nSPS) is 53.3. The number of epoxide rings is 5. The predicted octanol–water partition coefficient (Wildman–Crippen LogP) is 11.5. The topological polar surface area (TPSA) is 109 Å². The summed E-state index contributed by atoms with van der Waals surface area (Å²) in [5.41, 5.74) is 0. The highest BCUT2D eigenvalue weighted by atomic mass is 28.5. The molecule has 0 N–H and O–H groups in total. The molecule has 0 radical (unpaired) electrons. The first-order valence-corrected chi connectivity index (χ1v) is 40.4. The van der Waals surface area contributed by atoms with E-state index in [0.29, 0.717) is 84.7 Å². The second-order valence-electron chi connectivity index (χ2n) is 24.9. The Morgan fingerprint density at radius 2 is 0.641 bits per heavy atom. The molecule has 5 saturated carbocycles. The van der Waals surface area contributed by atoms with Crippen LogP contribution in [0.15, 0.2) is 0 Å². The van der Waals surface area contributed by atoms with Crippen molar-refractivity contribution in [1.29, 1.82) is 0 Å². The molecule has 6 saturated heterocycles. The summed E-state index contributed by atoms with van der Waals surface area (Å²) in [5.74, 6) is 3.54. The minimum absolute atomic E-state index is 0.486. The fourth-order valence-corrected chi connectivity index (χ4v) is 42.0. The first kappa shape index (κ1) is 47.0. The molecule has 64 heavy (non-hydrogen) atoms. The van der Waals surface area contributed by atoms with E-state index in [0.717, 1.165) is 56.0 Å². The van der Waals surface area contributed by atoms with Crippen LogP contribution in [0, 0.1) is 29.6 Å². The third kappa shape index (κ3) is 12.2. The van der Waals surface area contributed by atoms with Crippen molar-refractivity contribution in [2.45, 2.75) is 271 Å². The Balaban J connectivity index is 0.886. The number of ether oxygens (including phenoxy) is 5. The lowest BCUT2D eigenvalue weighted by Crippen LogP contribution is -2.62. The van der Waals surface area contributed by atoms with Crippen molar-refractivity contribution in [3.63, 3.8) is 0 Å². The zero-order valence-corrected chi connectivity index (χ0v) is 45.7. The van der Waals surface area contributed by atoms with Gasteiger partial charge in [-0.1, -0.05) is 12.8 Å². The van der Waals surface area contributed by atoms with Gasteiger partial charge in [-0.05, 0) is 227 Å². The molecule has 0 amide bonds. The average Bonchev–Trinajstić information content (AvgIpc) is 4.03. The number of rotatable bonds is 15. The summed E-state index contributed by atoms with van der Waals surface area (Å²) in [5, 5.41) is 0. The van der Waals surface area contributed by atoms with Crippen LogP contribution in [-0.4, -0.2) is 110 Å². The van der Waals surface area contributed by atoms with Crippen molar-refractivity contribution in [3.8, 4) is 0 Å². The van der Waals surface area contributed by atoms with Gasteiger partial charge in [0.05, 0.1) is 61.0 Å². The van der Waals surface area contributed by atoms with Crippen molar-refractivity contribution in [1.82, 2.24) is 0 Å². The maximum Gasteiger partial charge on any atom is 0.326 e. The van der Waals surface area contributed by atoms with Gasteiger partial charge in [-0.25, -0.2) is 0 Å². The Bertz CT molecular complexity index is 1530. The molecule has 15 heteroatoms. The van der Waals surface area contributed by atoms with Gasteiger partial charge in [0.25, 0.3) is 0 Å². The van der Waals surface area contributed by atoms with Crippen molar-refractivity contribution >= 4 is 42.6 Å². The molecule has 0 bridgehead atoms. The van der Waals surface area contributed by atoms with Crippen LogP contribution in [0.25, 0.3) is 0 Å². The second-order valence-corrected chi connectivity index (χ2v) is 43.4. The minimum Gasteiger partial charge on any atom is -0.436 e. The van der Waals surface area contributed by atoms with Crippen molar-refractivity contribution < 1.29 is 44.6 Å². The summed E-state index contributed by atoms with van der Waals surface area (Å²) in [4.78, 5) is 0. The highest BCUT2D eigenvalue weighted by Crippen LogP contribution is 2.48. The van der Waals surface area contributed by atoms with Crippen LogP contribution in [-0.2, 0) is 44.6 Å². The van der Waals surface area contributed by atoms with Gasteiger partial charge in [0.15, 0.2) is 8.32 Å². The molecule has 11 rings (SSSR count). The molecular formula is C49H88O10Si5. The SMILES string of the molecule is C[Si]1(CCC2CCC3OC3C2)CCCCO[Si](C)(CCC2CCC3OC3C2)O[Si](C)(CCC2CCC3OC3C2)O[Si](C)(CCC2CCC3OC3C2)O[Si](C)(CCC2CCC3OC3C2)O1. The molecule has 6 heterocycles. The molecule has 20 unspecified atom stereocenters. The van der Waals surface area contributed by atoms with Gasteiger partial charge in [0, 0.05) is 6.61 Å². The van der Waals surface area contributed by atoms with E-state index in [4.69, 9.17) is 44.6 Å². The van der Waals surface area contributed by atoms with E-state index in [1.54, 1.807) is 0 Å². The van der Waals surface area contributed by atoms with Gasteiger partial charge in [-0.15, -0.1) is 0 Å². The largest absolute Gasteiger partial charge is 0.436 e. The van der Waals surface area contributed by atoms with E-state index in [2.05, 4.69) is 32.7 Å². The molecule has 6 aliphatic heterocycles. The Morgan fingerprint density at radius 3 is 1.00 bits per heavy atom. The molecule has 0 aromatic carbocycles. The first-order chi connectivity index (χ1) is 30.8. The highest BCUT2D eigenvalue weighted by Gasteiger charge is 2.56. The highest BCUT2D eigenvalue weighted by molar-refractivity contribution is 6.91. The smallest absolute Gasteiger partial charge is 0.326 e.